The van der Waals surface area contributed by atoms with Crippen molar-refractivity contribution in [3.8, 4) is 23.1 Å². The first-order valence-corrected chi connectivity index (χ1v) is 7.45. The summed E-state index contributed by atoms with van der Waals surface area (Å²) < 4.78 is 56.0. The number of halogens is 3. The summed E-state index contributed by atoms with van der Waals surface area (Å²) in [6, 6.07) is 4.78. The number of methoxy groups -OCH3 is 2. The van der Waals surface area contributed by atoms with E-state index in [2.05, 4.69) is 15.3 Å². The third-order valence-corrected chi connectivity index (χ3v) is 3.84. The van der Waals surface area contributed by atoms with Crippen molar-refractivity contribution in [2.45, 2.75) is 20.0 Å². The monoisotopic (exact) mass is 368 g/mol. The maximum Gasteiger partial charge on any atom is 0.453 e. The minimum absolute atomic E-state index is 0.00407. The Labute approximate surface area is 146 Å². The molecule has 3 aromatic rings. The van der Waals surface area contributed by atoms with E-state index >= 15 is 0 Å². The summed E-state index contributed by atoms with van der Waals surface area (Å²) in [5.41, 5.74) is 1.04. The molecule has 0 aliphatic heterocycles. The van der Waals surface area contributed by atoms with Crippen LogP contribution in [0, 0.1) is 13.8 Å². The van der Waals surface area contributed by atoms with Gasteiger partial charge in [0.1, 0.15) is 17.2 Å². The Morgan fingerprint density at radius 3 is 2.00 bits per heavy atom. The number of alkyl halides is 3. The highest BCUT2D eigenvalue weighted by molar-refractivity contribution is 5.53. The quantitative estimate of drug-likeness (QED) is 0.701. The van der Waals surface area contributed by atoms with Crippen LogP contribution < -0.4 is 14.2 Å². The Hall–Kier alpha value is -3.04. The van der Waals surface area contributed by atoms with Crippen LogP contribution in [-0.2, 0) is 6.18 Å². The molecule has 0 saturated carbocycles. The van der Waals surface area contributed by atoms with Gasteiger partial charge in [-0.25, -0.2) is 0 Å². The van der Waals surface area contributed by atoms with Crippen LogP contribution in [0.1, 0.15) is 17.0 Å². The summed E-state index contributed by atoms with van der Waals surface area (Å²) in [6.45, 7) is 3.30. The van der Waals surface area contributed by atoms with E-state index in [4.69, 9.17) is 14.2 Å². The van der Waals surface area contributed by atoms with E-state index in [1.54, 1.807) is 32.0 Å². The fourth-order valence-electron chi connectivity index (χ4n) is 2.33. The number of fused-ring (bicyclic) bond motifs is 1. The second kappa shape index (κ2) is 6.36. The number of aryl methyl sites for hydroxylation is 1. The Bertz CT molecular complexity index is 947. The normalized spacial score (nSPS) is 11.7. The molecule has 0 aliphatic carbocycles. The first-order valence-electron chi connectivity index (χ1n) is 7.45. The van der Waals surface area contributed by atoms with E-state index in [1.807, 2.05) is 0 Å². The fourth-order valence-corrected chi connectivity index (χ4v) is 2.33. The van der Waals surface area contributed by atoms with E-state index in [1.165, 1.54) is 14.2 Å². The molecule has 0 saturated heterocycles. The smallest absolute Gasteiger partial charge is 0.453 e. The van der Waals surface area contributed by atoms with E-state index in [0.717, 1.165) is 0 Å². The molecule has 1 aromatic carbocycles. The van der Waals surface area contributed by atoms with Crippen LogP contribution in [0.4, 0.5) is 13.2 Å². The number of hydrogen-bond acceptors (Lipinski definition) is 6. The van der Waals surface area contributed by atoms with Crippen molar-refractivity contribution < 1.29 is 27.4 Å². The van der Waals surface area contributed by atoms with Gasteiger partial charge in [-0.1, -0.05) is 0 Å². The minimum Gasteiger partial charge on any atom is -0.496 e. The van der Waals surface area contributed by atoms with Crippen molar-refractivity contribution in [2.24, 2.45) is 0 Å². The summed E-state index contributed by atoms with van der Waals surface area (Å²) in [5, 5.41) is 10.7. The zero-order valence-corrected chi connectivity index (χ0v) is 14.4. The zero-order chi connectivity index (χ0) is 19.1. The van der Waals surface area contributed by atoms with Gasteiger partial charge >= 0.3 is 6.18 Å². The molecular formula is C16H15F3N4O3. The van der Waals surface area contributed by atoms with Gasteiger partial charge in [0.05, 0.1) is 14.2 Å². The van der Waals surface area contributed by atoms with Gasteiger partial charge in [-0.05, 0) is 13.8 Å². The molecule has 7 nitrogen and oxygen atoms in total. The molecule has 138 valence electrons. The van der Waals surface area contributed by atoms with Crippen LogP contribution >= 0.6 is 0 Å². The lowest BCUT2D eigenvalue weighted by molar-refractivity contribution is -0.146. The second-order valence-electron chi connectivity index (χ2n) is 5.46. The van der Waals surface area contributed by atoms with Crippen molar-refractivity contribution in [2.75, 3.05) is 14.2 Å². The van der Waals surface area contributed by atoms with Crippen LogP contribution in [0.15, 0.2) is 18.2 Å². The van der Waals surface area contributed by atoms with E-state index in [0.29, 0.717) is 32.9 Å². The first kappa shape index (κ1) is 17.8. The molecule has 26 heavy (non-hydrogen) atoms. The standard InChI is InChI=1S/C16H15F3N4O3/c1-8-9(2)14(22-23-13(8)20-21-15(23)16(17,18)19)26-12-6-10(24-3)5-11(7-12)25-4/h5-7H,1-4H3. The van der Waals surface area contributed by atoms with Crippen LogP contribution in [0.25, 0.3) is 5.65 Å². The summed E-state index contributed by atoms with van der Waals surface area (Å²) in [4.78, 5) is 0. The molecular weight excluding hydrogens is 353 g/mol. The van der Waals surface area contributed by atoms with Crippen LogP contribution in [0.2, 0.25) is 0 Å². The Kier molecular flexibility index (Phi) is 4.34. The molecule has 0 bridgehead atoms. The average Bonchev–Trinajstić information content (AvgIpc) is 3.03. The van der Waals surface area contributed by atoms with Gasteiger partial charge in [0, 0.05) is 29.3 Å². The number of benzene rings is 1. The number of hydrogen-bond donors (Lipinski definition) is 0. The Morgan fingerprint density at radius 2 is 1.46 bits per heavy atom. The topological polar surface area (TPSA) is 70.8 Å². The molecule has 2 heterocycles. The van der Waals surface area contributed by atoms with E-state index in [9.17, 15) is 13.2 Å². The largest absolute Gasteiger partial charge is 0.496 e. The number of nitrogens with zero attached hydrogens (tertiary/aromatic N) is 4. The van der Waals surface area contributed by atoms with Gasteiger partial charge in [-0.3, -0.25) is 0 Å². The molecule has 0 fully saturated rings. The third-order valence-electron chi connectivity index (χ3n) is 3.84. The second-order valence-corrected chi connectivity index (χ2v) is 5.46. The van der Waals surface area contributed by atoms with Crippen LogP contribution in [0.3, 0.4) is 0 Å². The number of aromatic nitrogens is 4. The first-order chi connectivity index (χ1) is 12.2. The van der Waals surface area contributed by atoms with Crippen LogP contribution in [0.5, 0.6) is 23.1 Å². The maximum atomic E-state index is 13.1. The summed E-state index contributed by atoms with van der Waals surface area (Å²) in [6.07, 6.45) is -4.69. The molecule has 10 heteroatoms. The summed E-state index contributed by atoms with van der Waals surface area (Å²) >= 11 is 0. The lowest BCUT2D eigenvalue weighted by Crippen LogP contribution is -2.13. The Morgan fingerprint density at radius 1 is 0.885 bits per heavy atom. The van der Waals surface area contributed by atoms with Crippen molar-refractivity contribution in [3.63, 3.8) is 0 Å². The van der Waals surface area contributed by atoms with E-state index in [-0.39, 0.29) is 11.5 Å². The van der Waals surface area contributed by atoms with Gasteiger partial charge in [-0.15, -0.1) is 15.3 Å². The fraction of sp³-hybridized carbons (Fsp3) is 0.312. The van der Waals surface area contributed by atoms with Crippen molar-refractivity contribution >= 4 is 5.65 Å². The minimum atomic E-state index is -4.69. The molecule has 0 aliphatic rings. The molecule has 2 aromatic heterocycles. The lowest BCUT2D eigenvalue weighted by Gasteiger charge is -2.13. The van der Waals surface area contributed by atoms with E-state index < -0.39 is 12.0 Å². The highest BCUT2D eigenvalue weighted by Crippen LogP contribution is 2.34. The predicted octanol–water partition coefficient (Wildman–Crippen LogP) is 3.57. The third kappa shape index (κ3) is 3.09. The zero-order valence-electron chi connectivity index (χ0n) is 14.4. The highest BCUT2D eigenvalue weighted by Gasteiger charge is 2.38. The summed E-state index contributed by atoms with van der Waals surface area (Å²) in [5.74, 6) is 0.0154. The predicted molar refractivity (Wildman–Crippen MR) is 84.9 cm³/mol. The van der Waals surface area contributed by atoms with Crippen molar-refractivity contribution in [3.05, 3.63) is 35.2 Å². The molecule has 0 spiro atoms. The van der Waals surface area contributed by atoms with Crippen LogP contribution in [-0.4, -0.2) is 34.0 Å². The van der Waals surface area contributed by atoms with Gasteiger partial charge in [-0.2, -0.15) is 17.7 Å². The molecule has 0 unspecified atom stereocenters. The van der Waals surface area contributed by atoms with Crippen molar-refractivity contribution in [1.82, 2.24) is 19.8 Å². The summed E-state index contributed by atoms with van der Waals surface area (Å²) in [7, 11) is 2.95. The highest BCUT2D eigenvalue weighted by atomic mass is 19.4. The Balaban J connectivity index is 2.12. The van der Waals surface area contributed by atoms with Gasteiger partial charge in [0.25, 0.3) is 5.82 Å². The van der Waals surface area contributed by atoms with Gasteiger partial charge < -0.3 is 14.2 Å². The SMILES string of the molecule is COc1cc(OC)cc(Oc2nn3c(C(F)(F)F)nnc3c(C)c2C)c1. The molecule has 0 N–H and O–H groups in total. The lowest BCUT2D eigenvalue weighted by atomic mass is 10.2. The maximum absolute atomic E-state index is 13.1. The molecule has 0 amide bonds. The number of rotatable bonds is 4. The average molecular weight is 368 g/mol. The molecule has 0 radical (unpaired) electrons. The molecule has 3 rings (SSSR count). The van der Waals surface area contributed by atoms with Crippen molar-refractivity contribution in [1.29, 1.82) is 0 Å². The number of ether oxygens (including phenoxy) is 3. The van der Waals surface area contributed by atoms with Gasteiger partial charge in [0.15, 0.2) is 5.65 Å². The molecule has 0 atom stereocenters. The van der Waals surface area contributed by atoms with Gasteiger partial charge in [0.2, 0.25) is 5.88 Å².